The topological polar surface area (TPSA) is 74.4 Å². The molecule has 180 valence electrons. The first-order valence-electron chi connectivity index (χ1n) is 10.8. The fourth-order valence-electron chi connectivity index (χ4n) is 4.23. The molecule has 1 fully saturated rings. The van der Waals surface area contributed by atoms with Gasteiger partial charge in [-0.3, -0.25) is 9.59 Å². The first-order chi connectivity index (χ1) is 15.5. The number of benzene rings is 1. The number of anilines is 1. The number of halogens is 4. The molecule has 0 bridgehead atoms. The van der Waals surface area contributed by atoms with Crippen molar-refractivity contribution in [1.82, 2.24) is 10.3 Å². The Morgan fingerprint density at radius 1 is 1.24 bits per heavy atom. The Kier molecular flexibility index (Phi) is 7.74. The van der Waals surface area contributed by atoms with Gasteiger partial charge < -0.3 is 19.9 Å². The number of pyridine rings is 1. The number of rotatable bonds is 6. The molecule has 1 amide bonds. The summed E-state index contributed by atoms with van der Waals surface area (Å²) in [6, 6.07) is 4.37. The number of aromatic nitrogens is 1. The molecule has 6 nitrogen and oxygen atoms in total. The predicted octanol–water partition coefficient (Wildman–Crippen LogP) is 4.60. The Labute approximate surface area is 195 Å². The van der Waals surface area contributed by atoms with Crippen LogP contribution in [0.3, 0.4) is 0 Å². The van der Waals surface area contributed by atoms with Crippen molar-refractivity contribution < 1.29 is 22.7 Å². The van der Waals surface area contributed by atoms with E-state index in [1.165, 1.54) is 13.0 Å². The molecule has 0 saturated carbocycles. The molecule has 0 spiro atoms. The van der Waals surface area contributed by atoms with Crippen LogP contribution in [0.25, 0.3) is 0 Å². The molecule has 3 rings (SSSR count). The number of alkyl halides is 3. The molecule has 1 aromatic heterocycles. The minimum Gasteiger partial charge on any atom is -0.381 e. The fraction of sp³-hybridized carbons (Fsp3) is 0.478. The van der Waals surface area contributed by atoms with Gasteiger partial charge >= 0.3 is 6.18 Å². The smallest absolute Gasteiger partial charge is 0.381 e. The second kappa shape index (κ2) is 10.2. The van der Waals surface area contributed by atoms with Gasteiger partial charge in [-0.25, -0.2) is 0 Å². The number of aryl methyl sites for hydroxylation is 1. The summed E-state index contributed by atoms with van der Waals surface area (Å²) in [4.78, 5) is 29.7. The zero-order valence-electron chi connectivity index (χ0n) is 18.7. The van der Waals surface area contributed by atoms with Crippen molar-refractivity contribution in [3.05, 3.63) is 61.5 Å². The van der Waals surface area contributed by atoms with E-state index in [1.807, 2.05) is 6.92 Å². The summed E-state index contributed by atoms with van der Waals surface area (Å²) in [5, 5.41) is 2.81. The third-order valence-corrected chi connectivity index (χ3v) is 6.09. The number of carbonyl (C=O) groups is 1. The maximum Gasteiger partial charge on any atom is 0.417 e. The molecule has 1 saturated heterocycles. The number of carbonyl (C=O) groups excluding carboxylic acids is 1. The standard InChI is InChI=1S/C23H27ClF3N3O3/c1-4-30(16-5-7-33-8-6-16)20-11-15(24)10-17(14(20)3)21(31)28-12-18-19(23(25,26)27)9-13(2)29-22(18)32/h9-11,16H,4-8,12H2,1-3H3,(H,28,31)(H,29,32). The average molecular weight is 486 g/mol. The van der Waals surface area contributed by atoms with Gasteiger partial charge in [0, 0.05) is 59.9 Å². The van der Waals surface area contributed by atoms with E-state index in [1.54, 1.807) is 13.0 Å². The lowest BCUT2D eigenvalue weighted by molar-refractivity contribution is -0.138. The van der Waals surface area contributed by atoms with Gasteiger partial charge in [-0.05, 0) is 57.4 Å². The third kappa shape index (κ3) is 5.70. The Balaban J connectivity index is 1.89. The molecule has 2 aromatic rings. The molecule has 0 aliphatic carbocycles. The van der Waals surface area contributed by atoms with Crippen LogP contribution in [0.2, 0.25) is 5.02 Å². The third-order valence-electron chi connectivity index (χ3n) is 5.87. The van der Waals surface area contributed by atoms with Crippen molar-refractivity contribution in [2.24, 2.45) is 0 Å². The molecule has 2 N–H and O–H groups in total. The second-order valence-corrected chi connectivity index (χ2v) is 8.52. The van der Waals surface area contributed by atoms with E-state index in [-0.39, 0.29) is 17.3 Å². The van der Waals surface area contributed by atoms with Gasteiger partial charge in [0.15, 0.2) is 0 Å². The van der Waals surface area contributed by atoms with Gasteiger partial charge in [0.05, 0.1) is 5.56 Å². The zero-order valence-corrected chi connectivity index (χ0v) is 19.5. The van der Waals surface area contributed by atoms with Crippen LogP contribution >= 0.6 is 11.6 Å². The van der Waals surface area contributed by atoms with Crippen molar-refractivity contribution in [3.63, 3.8) is 0 Å². The monoisotopic (exact) mass is 485 g/mol. The van der Waals surface area contributed by atoms with E-state index in [0.29, 0.717) is 30.3 Å². The number of nitrogens with zero attached hydrogens (tertiary/aromatic N) is 1. The van der Waals surface area contributed by atoms with E-state index >= 15 is 0 Å². The Morgan fingerprint density at radius 3 is 2.52 bits per heavy atom. The van der Waals surface area contributed by atoms with Gasteiger partial charge in [0.25, 0.3) is 11.5 Å². The molecule has 2 heterocycles. The van der Waals surface area contributed by atoms with Crippen LogP contribution < -0.4 is 15.8 Å². The first-order valence-corrected chi connectivity index (χ1v) is 11.1. The van der Waals surface area contributed by atoms with Crippen LogP contribution in [-0.4, -0.2) is 36.7 Å². The number of ether oxygens (including phenoxy) is 1. The highest BCUT2D eigenvalue weighted by molar-refractivity contribution is 6.31. The van der Waals surface area contributed by atoms with Gasteiger partial charge in [-0.2, -0.15) is 13.2 Å². The van der Waals surface area contributed by atoms with E-state index in [4.69, 9.17) is 16.3 Å². The number of aromatic amines is 1. The summed E-state index contributed by atoms with van der Waals surface area (Å²) >= 11 is 6.32. The summed E-state index contributed by atoms with van der Waals surface area (Å²) in [5.74, 6) is -0.604. The van der Waals surface area contributed by atoms with Crippen LogP contribution in [0.4, 0.5) is 18.9 Å². The maximum atomic E-state index is 13.4. The van der Waals surface area contributed by atoms with Crippen LogP contribution in [0.5, 0.6) is 0 Å². The molecular weight excluding hydrogens is 459 g/mol. The first kappa shape index (κ1) is 25.1. The summed E-state index contributed by atoms with van der Waals surface area (Å²) in [6.45, 7) is 6.60. The van der Waals surface area contributed by atoms with Crippen LogP contribution in [0.1, 0.15) is 52.5 Å². The lowest BCUT2D eigenvalue weighted by Crippen LogP contribution is -2.40. The highest BCUT2D eigenvalue weighted by atomic mass is 35.5. The summed E-state index contributed by atoms with van der Waals surface area (Å²) in [5.41, 5.74) is -0.693. The van der Waals surface area contributed by atoms with E-state index in [2.05, 4.69) is 15.2 Å². The summed E-state index contributed by atoms with van der Waals surface area (Å²) in [6.07, 6.45) is -3.03. The molecule has 10 heteroatoms. The van der Waals surface area contributed by atoms with Crippen molar-refractivity contribution in [3.8, 4) is 0 Å². The van der Waals surface area contributed by atoms with Gasteiger partial charge in [-0.15, -0.1) is 0 Å². The number of hydrogen-bond donors (Lipinski definition) is 2. The van der Waals surface area contributed by atoms with Gasteiger partial charge in [0.1, 0.15) is 0 Å². The quantitative estimate of drug-likeness (QED) is 0.627. The molecule has 1 aromatic carbocycles. The van der Waals surface area contributed by atoms with Crippen LogP contribution in [-0.2, 0) is 17.5 Å². The molecular formula is C23H27ClF3N3O3. The van der Waals surface area contributed by atoms with Crippen molar-refractivity contribution in [2.75, 3.05) is 24.7 Å². The van der Waals surface area contributed by atoms with Crippen molar-refractivity contribution >= 4 is 23.2 Å². The Morgan fingerprint density at radius 2 is 1.91 bits per heavy atom. The molecule has 1 aliphatic rings. The van der Waals surface area contributed by atoms with Crippen LogP contribution in [0, 0.1) is 13.8 Å². The second-order valence-electron chi connectivity index (χ2n) is 8.08. The van der Waals surface area contributed by atoms with Crippen molar-refractivity contribution in [1.29, 1.82) is 0 Å². The largest absolute Gasteiger partial charge is 0.417 e. The van der Waals surface area contributed by atoms with Gasteiger partial charge in [-0.1, -0.05) is 11.6 Å². The number of amides is 1. The van der Waals surface area contributed by atoms with E-state index in [0.717, 1.165) is 24.6 Å². The highest BCUT2D eigenvalue weighted by Crippen LogP contribution is 2.33. The minimum absolute atomic E-state index is 0.0884. The molecule has 1 aliphatic heterocycles. The molecule has 0 atom stereocenters. The average Bonchev–Trinajstić information content (AvgIpc) is 2.75. The Hall–Kier alpha value is -2.52. The number of H-pyrrole nitrogens is 1. The fourth-order valence-corrected chi connectivity index (χ4v) is 4.44. The summed E-state index contributed by atoms with van der Waals surface area (Å²) < 4.78 is 45.7. The molecule has 0 unspecified atom stereocenters. The summed E-state index contributed by atoms with van der Waals surface area (Å²) in [7, 11) is 0. The number of hydrogen-bond acceptors (Lipinski definition) is 4. The van der Waals surface area contributed by atoms with E-state index in [9.17, 15) is 22.8 Å². The Bertz CT molecular complexity index is 1080. The minimum atomic E-state index is -4.72. The highest BCUT2D eigenvalue weighted by Gasteiger charge is 2.35. The normalized spacial score (nSPS) is 14.9. The number of nitrogens with one attached hydrogen (secondary N) is 2. The predicted molar refractivity (Wildman–Crippen MR) is 121 cm³/mol. The van der Waals surface area contributed by atoms with Crippen LogP contribution in [0.15, 0.2) is 23.0 Å². The molecule has 33 heavy (non-hydrogen) atoms. The zero-order chi connectivity index (χ0) is 24.3. The lowest BCUT2D eigenvalue weighted by atomic mass is 10.0. The molecule has 0 radical (unpaired) electrons. The van der Waals surface area contributed by atoms with E-state index < -0.39 is 35.3 Å². The van der Waals surface area contributed by atoms with Crippen molar-refractivity contribution in [2.45, 2.75) is 52.4 Å². The lowest BCUT2D eigenvalue weighted by Gasteiger charge is -2.36. The van der Waals surface area contributed by atoms with Gasteiger partial charge in [0.2, 0.25) is 0 Å². The maximum absolute atomic E-state index is 13.4. The SMILES string of the molecule is CCN(c1cc(Cl)cc(C(=O)NCc2c(C(F)(F)F)cc(C)[nH]c2=O)c1C)C1CCOCC1.